The lowest BCUT2D eigenvalue weighted by atomic mass is 10.0. The molecule has 0 radical (unpaired) electrons. The summed E-state index contributed by atoms with van der Waals surface area (Å²) in [5.74, 6) is -1.31. The normalized spacial score (nSPS) is 17.2. The van der Waals surface area contributed by atoms with Crippen LogP contribution in [0.1, 0.15) is 48.5 Å². The second-order valence-electron chi connectivity index (χ2n) is 7.06. The lowest BCUT2D eigenvalue weighted by Gasteiger charge is -2.37. The van der Waals surface area contributed by atoms with Gasteiger partial charge in [0.1, 0.15) is 5.82 Å². The molecule has 138 valence electrons. The number of methoxy groups -OCH3 is 1. The number of ether oxygens (including phenoxy) is 1. The number of esters is 1. The number of nitrogens with zero attached hydrogens (tertiary/aromatic N) is 1. The minimum atomic E-state index is -0.661. The number of anilines is 1. The SMILES string of the molecule is CCCC(C(=O)Nc1c(C)cc(F)cc1C(=O)OC)[N+]1(C)CCCC1. The van der Waals surface area contributed by atoms with Crippen LogP contribution in [0.5, 0.6) is 0 Å². The van der Waals surface area contributed by atoms with Crippen LogP contribution in [-0.2, 0) is 9.53 Å². The number of hydrogen-bond donors (Lipinski definition) is 1. The number of hydrogen-bond acceptors (Lipinski definition) is 3. The fourth-order valence-corrected chi connectivity index (χ4v) is 3.76. The van der Waals surface area contributed by atoms with E-state index in [0.717, 1.165) is 44.8 Å². The van der Waals surface area contributed by atoms with Crippen LogP contribution in [0.25, 0.3) is 0 Å². The first-order valence-electron chi connectivity index (χ1n) is 8.86. The lowest BCUT2D eigenvalue weighted by molar-refractivity contribution is -0.913. The van der Waals surface area contributed by atoms with Crippen molar-refractivity contribution in [2.45, 2.75) is 45.6 Å². The van der Waals surface area contributed by atoms with Gasteiger partial charge in [0, 0.05) is 19.3 Å². The average Bonchev–Trinajstić information content (AvgIpc) is 3.01. The van der Waals surface area contributed by atoms with Gasteiger partial charge in [-0.1, -0.05) is 6.92 Å². The molecule has 1 unspecified atom stereocenters. The van der Waals surface area contributed by atoms with Gasteiger partial charge in [-0.15, -0.1) is 0 Å². The van der Waals surface area contributed by atoms with E-state index in [0.29, 0.717) is 15.7 Å². The van der Waals surface area contributed by atoms with Crippen LogP contribution in [0.3, 0.4) is 0 Å². The van der Waals surface area contributed by atoms with E-state index in [-0.39, 0.29) is 17.5 Å². The second kappa shape index (κ2) is 7.95. The maximum absolute atomic E-state index is 13.7. The molecule has 5 nitrogen and oxygen atoms in total. The summed E-state index contributed by atoms with van der Waals surface area (Å²) < 4.78 is 19.2. The van der Waals surface area contributed by atoms with E-state index in [2.05, 4.69) is 19.3 Å². The van der Waals surface area contributed by atoms with Crippen molar-refractivity contribution < 1.29 is 23.2 Å². The van der Waals surface area contributed by atoms with E-state index >= 15 is 0 Å². The Hall–Kier alpha value is -1.95. The number of quaternary nitrogens is 1. The minimum Gasteiger partial charge on any atom is -0.465 e. The van der Waals surface area contributed by atoms with E-state index in [9.17, 15) is 14.0 Å². The zero-order valence-corrected chi connectivity index (χ0v) is 15.5. The van der Waals surface area contributed by atoms with E-state index in [1.807, 2.05) is 0 Å². The molecule has 25 heavy (non-hydrogen) atoms. The number of likely N-dealkylation sites (tertiary alicyclic amines) is 1. The molecule has 1 aromatic carbocycles. The van der Waals surface area contributed by atoms with Crippen molar-refractivity contribution in [2.75, 3.05) is 32.6 Å². The van der Waals surface area contributed by atoms with Crippen molar-refractivity contribution >= 4 is 17.6 Å². The Bertz CT molecular complexity index is 654. The van der Waals surface area contributed by atoms with Crippen LogP contribution < -0.4 is 5.32 Å². The van der Waals surface area contributed by atoms with E-state index in [1.54, 1.807) is 6.92 Å². The van der Waals surface area contributed by atoms with Crippen LogP contribution in [-0.4, -0.2) is 49.6 Å². The summed E-state index contributed by atoms with van der Waals surface area (Å²) in [5, 5.41) is 2.89. The van der Waals surface area contributed by atoms with Gasteiger partial charge < -0.3 is 14.5 Å². The average molecular weight is 351 g/mol. The highest BCUT2D eigenvalue weighted by Gasteiger charge is 2.40. The highest BCUT2D eigenvalue weighted by molar-refractivity contribution is 6.03. The molecule has 0 saturated carbocycles. The summed E-state index contributed by atoms with van der Waals surface area (Å²) >= 11 is 0. The first kappa shape index (κ1) is 19.4. The lowest BCUT2D eigenvalue weighted by Crippen LogP contribution is -2.55. The van der Waals surface area contributed by atoms with Gasteiger partial charge in [-0.05, 0) is 31.0 Å². The summed E-state index contributed by atoms with van der Waals surface area (Å²) in [7, 11) is 3.36. The Morgan fingerprint density at radius 1 is 1.32 bits per heavy atom. The van der Waals surface area contributed by atoms with Crippen molar-refractivity contribution in [3.05, 3.63) is 29.1 Å². The second-order valence-corrected chi connectivity index (χ2v) is 7.06. The molecule has 1 amide bonds. The smallest absolute Gasteiger partial charge is 0.340 e. The van der Waals surface area contributed by atoms with Gasteiger partial charge in [0.05, 0.1) is 38.5 Å². The number of likely N-dealkylation sites (N-methyl/N-ethyl adjacent to an activating group) is 1. The molecule has 1 atom stereocenters. The monoisotopic (exact) mass is 351 g/mol. The predicted octanol–water partition coefficient (Wildman–Crippen LogP) is 3.27. The van der Waals surface area contributed by atoms with Gasteiger partial charge in [-0.25, -0.2) is 9.18 Å². The van der Waals surface area contributed by atoms with Crippen molar-refractivity contribution in [2.24, 2.45) is 0 Å². The van der Waals surface area contributed by atoms with E-state index in [4.69, 9.17) is 4.74 Å². The van der Waals surface area contributed by atoms with Crippen molar-refractivity contribution in [3.8, 4) is 0 Å². The Morgan fingerprint density at radius 2 is 1.96 bits per heavy atom. The van der Waals surface area contributed by atoms with Crippen molar-refractivity contribution in [3.63, 3.8) is 0 Å². The van der Waals surface area contributed by atoms with Gasteiger partial charge in [0.15, 0.2) is 6.04 Å². The number of carbonyl (C=O) groups is 2. The fraction of sp³-hybridized carbons (Fsp3) is 0.579. The summed E-state index contributed by atoms with van der Waals surface area (Å²) in [5.41, 5.74) is 0.894. The molecular weight excluding hydrogens is 323 g/mol. The number of carbonyl (C=O) groups excluding carboxylic acids is 2. The maximum Gasteiger partial charge on any atom is 0.340 e. The topological polar surface area (TPSA) is 55.4 Å². The van der Waals surface area contributed by atoms with Crippen LogP contribution in [0.2, 0.25) is 0 Å². The molecule has 1 aromatic rings. The molecule has 1 saturated heterocycles. The standard InChI is InChI=1S/C19H27FN2O3/c1-5-8-16(22(3)9-6-7-10-22)18(23)21-17-13(2)11-14(20)12-15(17)19(24)25-4/h11-12,16H,5-10H2,1-4H3/p+1. The molecule has 1 N–H and O–H groups in total. The fourth-order valence-electron chi connectivity index (χ4n) is 3.76. The van der Waals surface area contributed by atoms with Crippen molar-refractivity contribution in [1.29, 1.82) is 0 Å². The number of halogens is 1. The van der Waals surface area contributed by atoms with Crippen LogP contribution in [0.4, 0.5) is 10.1 Å². The molecule has 2 rings (SSSR count). The maximum atomic E-state index is 13.7. The number of rotatable bonds is 6. The highest BCUT2D eigenvalue weighted by Crippen LogP contribution is 2.28. The summed E-state index contributed by atoms with van der Waals surface area (Å²) in [6.07, 6.45) is 3.91. The van der Waals surface area contributed by atoms with E-state index in [1.165, 1.54) is 13.2 Å². The quantitative estimate of drug-likeness (QED) is 0.632. The largest absolute Gasteiger partial charge is 0.465 e. The number of amides is 1. The van der Waals surface area contributed by atoms with Crippen LogP contribution >= 0.6 is 0 Å². The molecule has 1 aliphatic heterocycles. The third-order valence-electron chi connectivity index (χ3n) is 5.16. The Labute approximate surface area is 148 Å². The molecule has 0 bridgehead atoms. The Morgan fingerprint density at radius 3 is 2.52 bits per heavy atom. The summed E-state index contributed by atoms with van der Waals surface area (Å²) in [6, 6.07) is 2.24. The van der Waals surface area contributed by atoms with Gasteiger partial charge in [0.25, 0.3) is 5.91 Å². The molecule has 0 spiro atoms. The molecular formula is C19H28FN2O3+. The highest BCUT2D eigenvalue weighted by atomic mass is 19.1. The van der Waals surface area contributed by atoms with Gasteiger partial charge >= 0.3 is 5.97 Å². The van der Waals surface area contributed by atoms with Crippen LogP contribution in [0, 0.1) is 12.7 Å². The number of aryl methyl sites for hydroxylation is 1. The zero-order valence-electron chi connectivity index (χ0n) is 15.5. The van der Waals surface area contributed by atoms with Crippen LogP contribution in [0.15, 0.2) is 12.1 Å². The molecule has 0 aliphatic carbocycles. The van der Waals surface area contributed by atoms with Gasteiger partial charge in [-0.3, -0.25) is 4.79 Å². The molecule has 1 heterocycles. The minimum absolute atomic E-state index is 0.0488. The predicted molar refractivity (Wildman–Crippen MR) is 95.0 cm³/mol. The molecule has 1 aliphatic rings. The van der Waals surface area contributed by atoms with Crippen molar-refractivity contribution in [1.82, 2.24) is 0 Å². The van der Waals surface area contributed by atoms with E-state index < -0.39 is 11.8 Å². The first-order valence-corrected chi connectivity index (χ1v) is 8.86. The molecule has 0 aromatic heterocycles. The Balaban J connectivity index is 2.33. The Kier molecular flexibility index (Phi) is 6.16. The van der Waals surface area contributed by atoms with Gasteiger partial charge in [-0.2, -0.15) is 0 Å². The third-order valence-corrected chi connectivity index (χ3v) is 5.16. The summed E-state index contributed by atoms with van der Waals surface area (Å²) in [4.78, 5) is 25.0. The van der Waals surface area contributed by atoms with Gasteiger partial charge in [0.2, 0.25) is 0 Å². The first-order chi connectivity index (χ1) is 11.8. The third kappa shape index (κ3) is 4.18. The number of nitrogens with one attached hydrogen (secondary N) is 1. The zero-order chi connectivity index (χ0) is 18.6. The molecule has 1 fully saturated rings. The number of benzene rings is 1. The summed E-state index contributed by atoms with van der Waals surface area (Å²) in [6.45, 7) is 5.69. The molecule has 6 heteroatoms.